The average Bonchev–Trinajstić information content (AvgIpc) is 2.25. The molecule has 2 heterocycles. The number of nitrogens with zero attached hydrogens (tertiary/aromatic N) is 1. The first-order chi connectivity index (χ1) is 4.95. The van der Waals surface area contributed by atoms with Crippen LogP contribution in [0.15, 0.2) is 18.2 Å². The van der Waals surface area contributed by atoms with Crippen molar-refractivity contribution in [3.8, 4) is 11.6 Å². The van der Waals surface area contributed by atoms with E-state index in [9.17, 15) is 0 Å². The number of aromatic amines is 1. The first-order valence-electron chi connectivity index (χ1n) is 3.10. The van der Waals surface area contributed by atoms with Gasteiger partial charge in [-0.3, -0.25) is 5.10 Å². The maximum atomic E-state index is 5.17. The topological polar surface area (TPSA) is 37.9 Å². The number of benzene rings is 1. The van der Waals surface area contributed by atoms with Crippen LogP contribution in [0.25, 0.3) is 10.9 Å². The van der Waals surface area contributed by atoms with Gasteiger partial charge < -0.3 is 4.74 Å². The normalized spacial score (nSPS) is 12.8. The highest BCUT2D eigenvalue weighted by molar-refractivity contribution is 5.94. The summed E-state index contributed by atoms with van der Waals surface area (Å²) >= 11 is 0. The number of rotatable bonds is 0. The van der Waals surface area contributed by atoms with Crippen molar-refractivity contribution in [3.05, 3.63) is 18.2 Å². The third kappa shape index (κ3) is 0.301. The molecule has 0 radical (unpaired) electrons. The molecule has 3 nitrogen and oxygen atoms in total. The second-order valence-electron chi connectivity index (χ2n) is 2.31. The molecule has 1 aliphatic rings. The average molecular weight is 132 g/mol. The second kappa shape index (κ2) is 1.16. The Hall–Kier alpha value is -1.51. The number of ether oxygens (including phenoxy) is 1. The van der Waals surface area contributed by atoms with Gasteiger partial charge in [-0.1, -0.05) is 6.07 Å². The molecule has 0 amide bonds. The lowest BCUT2D eigenvalue weighted by molar-refractivity contribution is 0.441. The molecule has 1 aromatic heterocycles. The zero-order chi connectivity index (χ0) is 6.55. The van der Waals surface area contributed by atoms with Crippen LogP contribution >= 0.6 is 0 Å². The summed E-state index contributed by atoms with van der Waals surface area (Å²) in [5, 5.41) is 7.92. The van der Waals surface area contributed by atoms with Crippen LogP contribution in [0, 0.1) is 0 Å². The number of H-pyrrole nitrogens is 1. The maximum Gasteiger partial charge on any atom is 0.249 e. The molecule has 1 aromatic carbocycles. The quantitative estimate of drug-likeness (QED) is 0.505. The summed E-state index contributed by atoms with van der Waals surface area (Å²) in [4.78, 5) is 0. The fourth-order valence-corrected chi connectivity index (χ4v) is 1.23. The van der Waals surface area contributed by atoms with Gasteiger partial charge in [0.2, 0.25) is 5.88 Å². The zero-order valence-corrected chi connectivity index (χ0v) is 5.09. The van der Waals surface area contributed by atoms with E-state index in [-0.39, 0.29) is 0 Å². The van der Waals surface area contributed by atoms with E-state index in [4.69, 9.17) is 4.74 Å². The molecule has 0 atom stereocenters. The van der Waals surface area contributed by atoms with Gasteiger partial charge in [-0.2, -0.15) is 0 Å². The van der Waals surface area contributed by atoms with Crippen LogP contribution in [0.5, 0.6) is 11.6 Å². The van der Waals surface area contributed by atoms with Crippen molar-refractivity contribution in [1.82, 2.24) is 10.2 Å². The van der Waals surface area contributed by atoms with E-state index < -0.39 is 0 Å². The Kier molecular flexibility index (Phi) is 0.502. The molecule has 0 bridgehead atoms. The molecule has 3 rings (SSSR count). The number of hydrogen-bond acceptors (Lipinski definition) is 2. The number of nitrogens with one attached hydrogen (secondary N) is 1. The first-order valence-corrected chi connectivity index (χ1v) is 3.10. The van der Waals surface area contributed by atoms with Crippen LogP contribution in [0.4, 0.5) is 0 Å². The maximum absolute atomic E-state index is 5.17. The van der Waals surface area contributed by atoms with Gasteiger partial charge in [0.15, 0.2) is 0 Å². The molecule has 3 heteroatoms. The summed E-state index contributed by atoms with van der Waals surface area (Å²) in [5.74, 6) is 1.66. The van der Waals surface area contributed by atoms with Crippen molar-refractivity contribution in [2.45, 2.75) is 0 Å². The summed E-state index contributed by atoms with van der Waals surface area (Å²) in [6, 6.07) is 5.86. The van der Waals surface area contributed by atoms with Gasteiger partial charge in [-0.25, -0.2) is 0 Å². The SMILES string of the molecule is c1cc2c3c(n[nH]c3c1)O2. The summed E-state index contributed by atoms with van der Waals surface area (Å²) in [7, 11) is 0. The minimum absolute atomic E-state index is 0.727. The van der Waals surface area contributed by atoms with Gasteiger partial charge in [0, 0.05) is 0 Å². The molecule has 0 unspecified atom stereocenters. The fraction of sp³-hybridized carbons (Fsp3) is 0. The van der Waals surface area contributed by atoms with Crippen LogP contribution in [0.3, 0.4) is 0 Å². The first kappa shape index (κ1) is 4.33. The van der Waals surface area contributed by atoms with Crippen LogP contribution in [-0.2, 0) is 0 Å². The largest absolute Gasteiger partial charge is 0.436 e. The van der Waals surface area contributed by atoms with Crippen molar-refractivity contribution >= 4 is 10.9 Å². The van der Waals surface area contributed by atoms with Crippen LogP contribution < -0.4 is 4.74 Å². The van der Waals surface area contributed by atoms with Crippen molar-refractivity contribution in [1.29, 1.82) is 0 Å². The number of aromatic nitrogens is 2. The summed E-state index contributed by atoms with van der Waals surface area (Å²) in [5.41, 5.74) is 1.05. The predicted molar refractivity (Wildman–Crippen MR) is 36.2 cm³/mol. The van der Waals surface area contributed by atoms with Gasteiger partial charge in [-0.05, 0) is 12.1 Å². The Balaban J connectivity index is 2.68. The van der Waals surface area contributed by atoms with E-state index >= 15 is 0 Å². The third-order valence-corrected chi connectivity index (χ3v) is 1.72. The Morgan fingerprint density at radius 1 is 1.40 bits per heavy atom. The van der Waals surface area contributed by atoms with E-state index in [1.807, 2.05) is 18.2 Å². The summed E-state index contributed by atoms with van der Waals surface area (Å²) in [6.45, 7) is 0. The van der Waals surface area contributed by atoms with E-state index in [1.54, 1.807) is 0 Å². The highest BCUT2D eigenvalue weighted by atomic mass is 16.5. The standard InChI is InChI=1S/C7H4N2O/c1-2-4-6-5(3-1)10-7(6)9-8-4/h1-3H,(H,8,9). The monoisotopic (exact) mass is 132 g/mol. The predicted octanol–water partition coefficient (Wildman–Crippen LogP) is 1.67. The molecule has 2 aromatic rings. The molecule has 0 aliphatic carbocycles. The van der Waals surface area contributed by atoms with Crippen molar-refractivity contribution in [2.24, 2.45) is 0 Å². The van der Waals surface area contributed by atoms with Gasteiger partial charge in [0.1, 0.15) is 11.1 Å². The van der Waals surface area contributed by atoms with E-state index in [0.29, 0.717) is 0 Å². The van der Waals surface area contributed by atoms with Gasteiger partial charge in [0.25, 0.3) is 0 Å². The molecular weight excluding hydrogens is 128 g/mol. The molecule has 0 saturated carbocycles. The van der Waals surface area contributed by atoms with E-state index in [2.05, 4.69) is 10.2 Å². The van der Waals surface area contributed by atoms with Gasteiger partial charge in [0.05, 0.1) is 5.52 Å². The van der Waals surface area contributed by atoms with E-state index in [1.165, 1.54) is 0 Å². The Bertz CT molecular complexity index is 405. The Labute approximate surface area is 56.6 Å². The fourth-order valence-electron chi connectivity index (χ4n) is 1.23. The molecule has 1 N–H and O–H groups in total. The number of hydrogen-bond donors (Lipinski definition) is 1. The summed E-state index contributed by atoms with van der Waals surface area (Å²) in [6.07, 6.45) is 0. The lowest BCUT2D eigenvalue weighted by atomic mass is 10.2. The molecule has 10 heavy (non-hydrogen) atoms. The molecule has 1 aliphatic heterocycles. The third-order valence-electron chi connectivity index (χ3n) is 1.72. The lowest BCUT2D eigenvalue weighted by Crippen LogP contribution is -1.93. The second-order valence-corrected chi connectivity index (χ2v) is 2.31. The lowest BCUT2D eigenvalue weighted by Gasteiger charge is -2.11. The van der Waals surface area contributed by atoms with Crippen LogP contribution in [0.2, 0.25) is 0 Å². The van der Waals surface area contributed by atoms with Crippen LogP contribution in [-0.4, -0.2) is 10.2 Å². The van der Waals surface area contributed by atoms with Crippen molar-refractivity contribution < 1.29 is 4.74 Å². The molecule has 0 fully saturated rings. The molecule has 0 spiro atoms. The zero-order valence-electron chi connectivity index (χ0n) is 5.09. The van der Waals surface area contributed by atoms with Crippen molar-refractivity contribution in [2.75, 3.05) is 0 Å². The summed E-state index contributed by atoms with van der Waals surface area (Å²) < 4.78 is 5.17. The van der Waals surface area contributed by atoms with Crippen molar-refractivity contribution in [3.63, 3.8) is 0 Å². The minimum Gasteiger partial charge on any atom is -0.436 e. The van der Waals surface area contributed by atoms with Gasteiger partial charge >= 0.3 is 0 Å². The van der Waals surface area contributed by atoms with E-state index in [0.717, 1.165) is 22.5 Å². The smallest absolute Gasteiger partial charge is 0.249 e. The molecule has 0 saturated heterocycles. The van der Waals surface area contributed by atoms with Crippen LogP contribution in [0.1, 0.15) is 0 Å². The highest BCUT2D eigenvalue weighted by Gasteiger charge is 2.21. The highest BCUT2D eigenvalue weighted by Crippen LogP contribution is 2.43. The molecular formula is C7H4N2O. The minimum atomic E-state index is 0.727. The molecule has 48 valence electrons. The Morgan fingerprint density at radius 3 is 3.30 bits per heavy atom. The Morgan fingerprint density at radius 2 is 2.40 bits per heavy atom. The van der Waals surface area contributed by atoms with Gasteiger partial charge in [-0.15, -0.1) is 5.10 Å².